The van der Waals surface area contributed by atoms with Crippen molar-refractivity contribution in [3.63, 3.8) is 0 Å². The van der Waals surface area contributed by atoms with Gasteiger partial charge in [0, 0.05) is 0 Å². The molecule has 0 aliphatic carbocycles. The Morgan fingerprint density at radius 3 is 2.32 bits per heavy atom. The molecule has 5 nitrogen and oxygen atoms in total. The van der Waals surface area contributed by atoms with E-state index in [1.807, 2.05) is 67.6 Å². The minimum Gasteiger partial charge on any atom is -0.269 e. The number of hydrazone groups is 1. The van der Waals surface area contributed by atoms with Crippen LogP contribution in [0.25, 0.3) is 0 Å². The maximum Gasteiger partial charge on any atom is 0.280 e. The Hall–Kier alpha value is -2.82. The molecule has 2 aromatic rings. The summed E-state index contributed by atoms with van der Waals surface area (Å²) in [5.41, 5.74) is 2.20. The lowest BCUT2D eigenvalue weighted by Gasteiger charge is -2.11. The summed E-state index contributed by atoms with van der Waals surface area (Å²) in [4.78, 5) is 12.6. The van der Waals surface area contributed by atoms with Gasteiger partial charge in [0.2, 0.25) is 0 Å². The van der Waals surface area contributed by atoms with Crippen molar-refractivity contribution in [3.05, 3.63) is 60.7 Å². The van der Waals surface area contributed by atoms with Gasteiger partial charge in [-0.25, -0.2) is 0 Å². The fourth-order valence-corrected chi connectivity index (χ4v) is 2.24. The van der Waals surface area contributed by atoms with Crippen LogP contribution in [0.2, 0.25) is 0 Å². The molecule has 0 aromatic heterocycles. The maximum atomic E-state index is 12.6. The van der Waals surface area contributed by atoms with Crippen LogP contribution < -0.4 is 5.01 Å². The van der Waals surface area contributed by atoms with E-state index in [4.69, 9.17) is 0 Å². The maximum absolute atomic E-state index is 12.6. The minimum atomic E-state index is -0.634. The Balaban J connectivity index is 1.85. The van der Waals surface area contributed by atoms with Crippen LogP contribution in [0.1, 0.15) is 13.3 Å². The predicted octanol–water partition coefficient (Wildman–Crippen LogP) is 3.95. The molecule has 1 atom stereocenters. The van der Waals surface area contributed by atoms with Crippen LogP contribution in [0.5, 0.6) is 0 Å². The van der Waals surface area contributed by atoms with Crippen molar-refractivity contribution >= 4 is 23.0 Å². The lowest BCUT2D eigenvalue weighted by atomic mass is 10.1. The summed E-state index contributed by atoms with van der Waals surface area (Å²) < 4.78 is 0. The molecule has 2 aromatic carbocycles. The van der Waals surface area contributed by atoms with Crippen molar-refractivity contribution < 1.29 is 4.79 Å². The molecule has 1 aliphatic heterocycles. The van der Waals surface area contributed by atoms with Gasteiger partial charge in [-0.3, -0.25) is 4.79 Å². The average Bonchev–Trinajstić information content (AvgIpc) is 2.90. The molecular formula is C17H16N4O. The van der Waals surface area contributed by atoms with Crippen molar-refractivity contribution in [1.82, 2.24) is 0 Å². The highest BCUT2D eigenvalue weighted by atomic mass is 16.2. The van der Waals surface area contributed by atoms with Gasteiger partial charge in [-0.2, -0.15) is 20.3 Å². The molecule has 1 unspecified atom stereocenters. The quantitative estimate of drug-likeness (QED) is 0.787. The summed E-state index contributed by atoms with van der Waals surface area (Å²) in [6, 6.07) is 18.1. The highest BCUT2D eigenvalue weighted by molar-refractivity contribution is 6.18. The first-order chi connectivity index (χ1) is 10.8. The number of nitrogens with zero attached hydrogens (tertiary/aromatic N) is 4. The summed E-state index contributed by atoms with van der Waals surface area (Å²) in [6.07, 6.45) is 0.660. The number of para-hydroxylation sites is 1. The molecule has 0 saturated heterocycles. The van der Waals surface area contributed by atoms with E-state index in [9.17, 15) is 4.79 Å². The van der Waals surface area contributed by atoms with Gasteiger partial charge in [0.25, 0.3) is 5.91 Å². The third-order valence-electron chi connectivity index (χ3n) is 3.39. The van der Waals surface area contributed by atoms with E-state index in [0.29, 0.717) is 6.42 Å². The van der Waals surface area contributed by atoms with E-state index in [1.54, 1.807) is 0 Å². The van der Waals surface area contributed by atoms with Crippen molar-refractivity contribution in [2.75, 3.05) is 5.01 Å². The molecule has 0 spiro atoms. The van der Waals surface area contributed by atoms with E-state index in [-0.39, 0.29) is 5.91 Å². The van der Waals surface area contributed by atoms with Gasteiger partial charge >= 0.3 is 0 Å². The molecule has 3 rings (SSSR count). The SMILES string of the molecule is CCC1=NN(c2ccccc2)C(=O)C1N=Nc1ccccc1. The lowest BCUT2D eigenvalue weighted by Crippen LogP contribution is -2.30. The summed E-state index contributed by atoms with van der Waals surface area (Å²) >= 11 is 0. The van der Waals surface area contributed by atoms with Crippen LogP contribution in [-0.4, -0.2) is 17.7 Å². The topological polar surface area (TPSA) is 57.4 Å². The standard InChI is InChI=1S/C17H16N4O/c1-2-15-16(19-18-13-9-5-3-6-10-13)17(22)21(20-15)14-11-7-4-8-12-14/h3-12,16H,2H2,1H3. The van der Waals surface area contributed by atoms with Crippen molar-refractivity contribution in [1.29, 1.82) is 0 Å². The fraction of sp³-hybridized carbons (Fsp3) is 0.176. The summed E-state index contributed by atoms with van der Waals surface area (Å²) in [6.45, 7) is 1.96. The molecule has 22 heavy (non-hydrogen) atoms. The summed E-state index contributed by atoms with van der Waals surface area (Å²) in [5.74, 6) is -0.164. The molecule has 5 heteroatoms. The predicted molar refractivity (Wildman–Crippen MR) is 86.4 cm³/mol. The lowest BCUT2D eigenvalue weighted by molar-refractivity contribution is -0.117. The highest BCUT2D eigenvalue weighted by Crippen LogP contribution is 2.24. The Morgan fingerprint density at radius 1 is 1.05 bits per heavy atom. The molecule has 1 amide bonds. The number of hydrogen-bond acceptors (Lipinski definition) is 4. The van der Waals surface area contributed by atoms with Crippen molar-refractivity contribution in [2.45, 2.75) is 19.4 Å². The van der Waals surface area contributed by atoms with Crippen LogP contribution in [-0.2, 0) is 4.79 Å². The molecule has 0 fully saturated rings. The molecule has 110 valence electrons. The Bertz CT molecular complexity index is 710. The second-order valence-corrected chi connectivity index (χ2v) is 4.88. The number of benzene rings is 2. The number of rotatable bonds is 4. The Labute approximate surface area is 129 Å². The van der Waals surface area contributed by atoms with Crippen LogP contribution >= 0.6 is 0 Å². The van der Waals surface area contributed by atoms with Gasteiger partial charge in [-0.15, -0.1) is 0 Å². The molecule has 1 aliphatic rings. The van der Waals surface area contributed by atoms with Crippen LogP contribution in [0.15, 0.2) is 76.0 Å². The van der Waals surface area contributed by atoms with Crippen LogP contribution in [0, 0.1) is 0 Å². The van der Waals surface area contributed by atoms with Crippen molar-refractivity contribution in [3.8, 4) is 0 Å². The number of hydrogen-bond donors (Lipinski definition) is 0. The molecule has 0 saturated carbocycles. The zero-order valence-corrected chi connectivity index (χ0v) is 12.3. The third-order valence-corrected chi connectivity index (χ3v) is 3.39. The number of carbonyl (C=O) groups is 1. The fourth-order valence-electron chi connectivity index (χ4n) is 2.24. The number of carbonyl (C=O) groups excluding carboxylic acids is 1. The van der Waals surface area contributed by atoms with E-state index >= 15 is 0 Å². The first kappa shape index (κ1) is 14.1. The van der Waals surface area contributed by atoms with Crippen molar-refractivity contribution in [2.24, 2.45) is 15.3 Å². The third kappa shape index (κ3) is 2.79. The van der Waals surface area contributed by atoms with Gasteiger partial charge in [-0.05, 0) is 30.7 Å². The summed E-state index contributed by atoms with van der Waals surface area (Å²) in [7, 11) is 0. The molecule has 1 heterocycles. The second-order valence-electron chi connectivity index (χ2n) is 4.88. The smallest absolute Gasteiger partial charge is 0.269 e. The zero-order valence-electron chi connectivity index (χ0n) is 12.3. The van der Waals surface area contributed by atoms with Crippen LogP contribution in [0.4, 0.5) is 11.4 Å². The van der Waals surface area contributed by atoms with Gasteiger partial charge in [0.05, 0.1) is 17.1 Å². The average molecular weight is 292 g/mol. The molecule has 0 radical (unpaired) electrons. The first-order valence-electron chi connectivity index (χ1n) is 7.22. The number of anilines is 1. The van der Waals surface area contributed by atoms with Gasteiger partial charge in [0.1, 0.15) is 0 Å². The van der Waals surface area contributed by atoms with Gasteiger partial charge in [0.15, 0.2) is 6.04 Å². The van der Waals surface area contributed by atoms with E-state index in [0.717, 1.165) is 17.1 Å². The molecule has 0 bridgehead atoms. The highest BCUT2D eigenvalue weighted by Gasteiger charge is 2.35. The largest absolute Gasteiger partial charge is 0.280 e. The van der Waals surface area contributed by atoms with E-state index in [1.165, 1.54) is 5.01 Å². The Kier molecular flexibility index (Phi) is 4.05. The Morgan fingerprint density at radius 2 is 1.68 bits per heavy atom. The molecule has 0 N–H and O–H groups in total. The summed E-state index contributed by atoms with van der Waals surface area (Å²) in [5, 5.41) is 14.2. The molecular weight excluding hydrogens is 276 g/mol. The van der Waals surface area contributed by atoms with E-state index in [2.05, 4.69) is 15.3 Å². The number of amides is 1. The number of azo groups is 1. The minimum absolute atomic E-state index is 0.164. The van der Waals surface area contributed by atoms with Gasteiger partial charge in [-0.1, -0.05) is 43.3 Å². The second kappa shape index (κ2) is 6.30. The zero-order chi connectivity index (χ0) is 15.4. The first-order valence-corrected chi connectivity index (χ1v) is 7.22. The normalized spacial score (nSPS) is 18.0. The van der Waals surface area contributed by atoms with E-state index < -0.39 is 6.04 Å². The van der Waals surface area contributed by atoms with Crippen LogP contribution in [0.3, 0.4) is 0 Å². The van der Waals surface area contributed by atoms with Gasteiger partial charge < -0.3 is 0 Å². The monoisotopic (exact) mass is 292 g/mol.